The van der Waals surface area contributed by atoms with Crippen molar-refractivity contribution in [1.82, 2.24) is 0 Å². The number of nitrogens with one attached hydrogen (secondary N) is 1. The number of benzene rings is 2. The maximum atomic E-state index is 13.0. The molecule has 2 aromatic carbocycles. The summed E-state index contributed by atoms with van der Waals surface area (Å²) in [4.78, 5) is 12.1. The van der Waals surface area contributed by atoms with Gasteiger partial charge in [-0.25, -0.2) is 4.39 Å². The first-order chi connectivity index (χ1) is 10.6. The number of fused-ring (bicyclic) bond motifs is 1. The van der Waals surface area contributed by atoms with Gasteiger partial charge in [-0.2, -0.15) is 0 Å². The van der Waals surface area contributed by atoms with Crippen molar-refractivity contribution < 1.29 is 13.6 Å². The molecule has 1 N–H and O–H groups in total. The number of para-hydroxylation sites is 1. The SMILES string of the molecule is O=C(CCNc1ccc(F)c(Cl)c1)c1cc2ccccc2o1. The van der Waals surface area contributed by atoms with Crippen molar-refractivity contribution in [2.45, 2.75) is 6.42 Å². The number of carbonyl (C=O) groups excluding carboxylic acids is 1. The van der Waals surface area contributed by atoms with E-state index in [4.69, 9.17) is 16.0 Å². The van der Waals surface area contributed by atoms with Crippen molar-refractivity contribution in [3.05, 3.63) is 65.1 Å². The van der Waals surface area contributed by atoms with Crippen LogP contribution in [-0.4, -0.2) is 12.3 Å². The molecule has 5 heteroatoms. The predicted octanol–water partition coefficient (Wildman–Crippen LogP) is 4.91. The predicted molar refractivity (Wildman–Crippen MR) is 85.1 cm³/mol. The maximum Gasteiger partial charge on any atom is 0.199 e. The van der Waals surface area contributed by atoms with Crippen LogP contribution in [0.25, 0.3) is 11.0 Å². The van der Waals surface area contributed by atoms with E-state index in [1.165, 1.54) is 12.1 Å². The third-order valence-corrected chi connectivity index (χ3v) is 3.59. The number of furan rings is 1. The first kappa shape index (κ1) is 14.6. The molecule has 0 aliphatic heterocycles. The summed E-state index contributed by atoms with van der Waals surface area (Å²) in [5.41, 5.74) is 1.37. The standard InChI is InChI=1S/C17H13ClFNO2/c18-13-10-12(5-6-14(13)19)20-8-7-15(21)17-9-11-3-1-2-4-16(11)22-17/h1-6,9-10,20H,7-8H2. The topological polar surface area (TPSA) is 42.2 Å². The Morgan fingerprint density at radius 3 is 2.77 bits per heavy atom. The molecule has 0 aliphatic carbocycles. The third-order valence-electron chi connectivity index (χ3n) is 3.30. The van der Waals surface area contributed by atoms with E-state index < -0.39 is 5.82 Å². The van der Waals surface area contributed by atoms with E-state index in [0.717, 1.165) is 5.39 Å². The molecule has 0 saturated heterocycles. The lowest BCUT2D eigenvalue weighted by atomic mass is 10.2. The van der Waals surface area contributed by atoms with Crippen LogP contribution >= 0.6 is 11.6 Å². The summed E-state index contributed by atoms with van der Waals surface area (Å²) < 4.78 is 18.6. The van der Waals surface area contributed by atoms with E-state index in [1.54, 1.807) is 12.1 Å². The number of carbonyl (C=O) groups is 1. The molecule has 0 atom stereocenters. The molecule has 0 bridgehead atoms. The van der Waals surface area contributed by atoms with Gasteiger partial charge in [-0.05, 0) is 30.3 Å². The third kappa shape index (κ3) is 3.12. The second-order valence-corrected chi connectivity index (χ2v) is 5.28. The summed E-state index contributed by atoms with van der Waals surface area (Å²) in [6, 6.07) is 13.6. The molecule has 112 valence electrons. The van der Waals surface area contributed by atoms with Crippen molar-refractivity contribution in [2.24, 2.45) is 0 Å². The lowest BCUT2D eigenvalue weighted by Gasteiger charge is -2.05. The molecule has 0 saturated carbocycles. The summed E-state index contributed by atoms with van der Waals surface area (Å²) in [6.07, 6.45) is 0.273. The molecule has 3 rings (SSSR count). The van der Waals surface area contributed by atoms with Crippen LogP contribution < -0.4 is 5.32 Å². The Hall–Kier alpha value is -2.33. The van der Waals surface area contributed by atoms with E-state index in [0.29, 0.717) is 23.6 Å². The molecule has 0 radical (unpaired) electrons. The molecule has 22 heavy (non-hydrogen) atoms. The average Bonchev–Trinajstić information content (AvgIpc) is 2.95. The normalized spacial score (nSPS) is 10.8. The van der Waals surface area contributed by atoms with Crippen LogP contribution in [0.1, 0.15) is 17.0 Å². The zero-order chi connectivity index (χ0) is 15.5. The van der Waals surface area contributed by atoms with Gasteiger partial charge in [0.05, 0.1) is 5.02 Å². The summed E-state index contributed by atoms with van der Waals surface area (Å²) in [6.45, 7) is 0.415. The highest BCUT2D eigenvalue weighted by Crippen LogP contribution is 2.21. The molecule has 1 aromatic heterocycles. The first-order valence-corrected chi connectivity index (χ1v) is 7.22. The highest BCUT2D eigenvalue weighted by atomic mass is 35.5. The molecular weight excluding hydrogens is 305 g/mol. The fourth-order valence-corrected chi connectivity index (χ4v) is 2.35. The molecule has 0 spiro atoms. The molecule has 0 aliphatic rings. The van der Waals surface area contributed by atoms with Gasteiger partial charge in [0.25, 0.3) is 0 Å². The fourth-order valence-electron chi connectivity index (χ4n) is 2.17. The summed E-state index contributed by atoms with van der Waals surface area (Å²) >= 11 is 5.70. The van der Waals surface area contributed by atoms with E-state index in [1.807, 2.05) is 24.3 Å². The molecule has 0 unspecified atom stereocenters. The Kier molecular flexibility index (Phi) is 4.11. The van der Waals surface area contributed by atoms with Gasteiger partial charge in [0.1, 0.15) is 11.4 Å². The molecular formula is C17H13ClFNO2. The number of hydrogen-bond donors (Lipinski definition) is 1. The molecule has 0 amide bonds. The summed E-state index contributed by atoms with van der Waals surface area (Å²) in [7, 11) is 0. The second kappa shape index (κ2) is 6.20. The molecule has 0 fully saturated rings. The number of Topliss-reactive ketones (excluding diaryl/α,β-unsaturated/α-hetero) is 1. The number of anilines is 1. The number of ketones is 1. The highest BCUT2D eigenvalue weighted by Gasteiger charge is 2.11. The zero-order valence-electron chi connectivity index (χ0n) is 11.6. The van der Waals surface area contributed by atoms with Crippen LogP contribution in [0.15, 0.2) is 52.9 Å². The van der Waals surface area contributed by atoms with Gasteiger partial charge in [0.15, 0.2) is 11.5 Å². The van der Waals surface area contributed by atoms with Crippen LogP contribution in [0, 0.1) is 5.82 Å². The quantitative estimate of drug-likeness (QED) is 0.680. The lowest BCUT2D eigenvalue weighted by Crippen LogP contribution is -2.08. The first-order valence-electron chi connectivity index (χ1n) is 6.84. The monoisotopic (exact) mass is 317 g/mol. The minimum absolute atomic E-state index is 0.0496. The fraction of sp³-hybridized carbons (Fsp3) is 0.118. The Bertz CT molecular complexity index is 795. The molecule has 3 aromatic rings. The Morgan fingerprint density at radius 2 is 2.00 bits per heavy atom. The Labute approximate surface area is 131 Å². The van der Waals surface area contributed by atoms with Crippen molar-refractivity contribution in [1.29, 1.82) is 0 Å². The largest absolute Gasteiger partial charge is 0.453 e. The van der Waals surface area contributed by atoms with Gasteiger partial charge < -0.3 is 9.73 Å². The van der Waals surface area contributed by atoms with Gasteiger partial charge in [0, 0.05) is 24.0 Å². The lowest BCUT2D eigenvalue weighted by molar-refractivity contribution is 0.0962. The van der Waals surface area contributed by atoms with Crippen LogP contribution in [0.5, 0.6) is 0 Å². The van der Waals surface area contributed by atoms with Crippen LogP contribution in [0.4, 0.5) is 10.1 Å². The molecule has 1 heterocycles. The number of halogens is 2. The zero-order valence-corrected chi connectivity index (χ0v) is 12.4. The Morgan fingerprint density at radius 1 is 1.18 bits per heavy atom. The Balaban J connectivity index is 1.61. The number of rotatable bonds is 5. The highest BCUT2D eigenvalue weighted by molar-refractivity contribution is 6.31. The number of hydrogen-bond acceptors (Lipinski definition) is 3. The van der Waals surface area contributed by atoms with Crippen molar-refractivity contribution >= 4 is 34.0 Å². The van der Waals surface area contributed by atoms with E-state index >= 15 is 0 Å². The van der Waals surface area contributed by atoms with Crippen LogP contribution in [0.3, 0.4) is 0 Å². The van der Waals surface area contributed by atoms with Gasteiger partial charge >= 0.3 is 0 Å². The van der Waals surface area contributed by atoms with E-state index in [9.17, 15) is 9.18 Å². The summed E-state index contributed by atoms with van der Waals surface area (Å²) in [5, 5.41) is 3.99. The van der Waals surface area contributed by atoms with Gasteiger partial charge in [-0.15, -0.1) is 0 Å². The minimum Gasteiger partial charge on any atom is -0.453 e. The van der Waals surface area contributed by atoms with Crippen LogP contribution in [-0.2, 0) is 0 Å². The van der Waals surface area contributed by atoms with Gasteiger partial charge in [-0.3, -0.25) is 4.79 Å². The maximum absolute atomic E-state index is 13.0. The van der Waals surface area contributed by atoms with Gasteiger partial charge in [-0.1, -0.05) is 29.8 Å². The van der Waals surface area contributed by atoms with Crippen molar-refractivity contribution in [3.8, 4) is 0 Å². The van der Waals surface area contributed by atoms with Crippen molar-refractivity contribution in [3.63, 3.8) is 0 Å². The average molecular weight is 318 g/mol. The smallest absolute Gasteiger partial charge is 0.199 e. The minimum atomic E-state index is -0.467. The van der Waals surface area contributed by atoms with Gasteiger partial charge in [0.2, 0.25) is 0 Å². The van der Waals surface area contributed by atoms with Crippen LogP contribution in [0.2, 0.25) is 5.02 Å². The van der Waals surface area contributed by atoms with Crippen molar-refractivity contribution in [2.75, 3.05) is 11.9 Å². The molecule has 3 nitrogen and oxygen atoms in total. The van der Waals surface area contributed by atoms with E-state index in [2.05, 4.69) is 5.32 Å². The summed E-state index contributed by atoms with van der Waals surface area (Å²) in [5.74, 6) is -0.206. The second-order valence-electron chi connectivity index (χ2n) is 4.88. The van der Waals surface area contributed by atoms with E-state index in [-0.39, 0.29) is 17.2 Å².